The molecule has 0 N–H and O–H groups in total. The lowest BCUT2D eigenvalue weighted by atomic mass is 9.87. The Labute approximate surface area is 274 Å². The third-order valence-corrected chi connectivity index (χ3v) is 9.58. The van der Waals surface area contributed by atoms with Gasteiger partial charge in [0.05, 0.1) is 5.69 Å². The van der Waals surface area contributed by atoms with E-state index in [2.05, 4.69) is 170 Å². The number of fused-ring (bicyclic) bond motifs is 5. The summed E-state index contributed by atoms with van der Waals surface area (Å²) in [6.07, 6.45) is 7.61. The highest BCUT2D eigenvalue weighted by atomic mass is 14.7. The molecule has 0 saturated heterocycles. The first kappa shape index (κ1) is 27.3. The first-order valence-corrected chi connectivity index (χ1v) is 16.3. The monoisotopic (exact) mass is 597 g/mol. The van der Waals surface area contributed by atoms with Gasteiger partial charge in [0, 0.05) is 17.1 Å². The summed E-state index contributed by atoms with van der Waals surface area (Å²) in [6.45, 7) is 0. The zero-order valence-corrected chi connectivity index (χ0v) is 25.9. The topological polar surface area (TPSA) is 12.9 Å². The molecule has 47 heavy (non-hydrogen) atoms. The largest absolute Gasteiger partial charge is 0.256 e. The first-order valence-electron chi connectivity index (χ1n) is 16.3. The molecule has 0 unspecified atom stereocenters. The van der Waals surface area contributed by atoms with Crippen LogP contribution in [-0.4, -0.2) is 4.98 Å². The van der Waals surface area contributed by atoms with Gasteiger partial charge in [-0.25, -0.2) is 0 Å². The van der Waals surface area contributed by atoms with Crippen molar-refractivity contribution >= 4 is 43.5 Å². The summed E-state index contributed by atoms with van der Waals surface area (Å²) in [5, 5.41) is 7.48. The summed E-state index contributed by atoms with van der Waals surface area (Å²) in [6, 6.07) is 57.1. The Kier molecular flexibility index (Phi) is 6.61. The van der Waals surface area contributed by atoms with E-state index in [1.54, 1.807) is 0 Å². The number of benzene rings is 7. The number of rotatable bonds is 4. The van der Waals surface area contributed by atoms with Gasteiger partial charge in [-0.05, 0) is 96.1 Å². The molecule has 1 heteroatoms. The van der Waals surface area contributed by atoms with Crippen molar-refractivity contribution in [1.82, 2.24) is 4.98 Å². The summed E-state index contributed by atoms with van der Waals surface area (Å²) in [5.74, 6) is 0. The number of allylic oxidation sites excluding steroid dienone is 3. The third kappa shape index (κ3) is 4.94. The van der Waals surface area contributed by atoms with Gasteiger partial charge in [0.2, 0.25) is 0 Å². The van der Waals surface area contributed by atoms with Crippen molar-refractivity contribution in [1.29, 1.82) is 0 Å². The van der Waals surface area contributed by atoms with E-state index in [0.29, 0.717) is 0 Å². The fourth-order valence-electron chi connectivity index (χ4n) is 7.14. The lowest BCUT2D eigenvalue weighted by Gasteiger charge is -2.17. The molecule has 1 aromatic heterocycles. The quantitative estimate of drug-likeness (QED) is 0.197. The summed E-state index contributed by atoms with van der Waals surface area (Å²) in [7, 11) is 0. The van der Waals surface area contributed by atoms with Crippen LogP contribution in [0.1, 0.15) is 22.3 Å². The lowest BCUT2D eigenvalue weighted by molar-refractivity contribution is 1.29. The van der Waals surface area contributed by atoms with Gasteiger partial charge in [-0.2, -0.15) is 0 Å². The maximum absolute atomic E-state index is 4.78. The second-order valence-electron chi connectivity index (χ2n) is 12.3. The molecule has 0 aliphatic heterocycles. The zero-order valence-electron chi connectivity index (χ0n) is 25.9. The van der Waals surface area contributed by atoms with Crippen LogP contribution in [0.3, 0.4) is 0 Å². The molecule has 1 nitrogen and oxygen atoms in total. The lowest BCUT2D eigenvalue weighted by Crippen LogP contribution is -1.96. The van der Waals surface area contributed by atoms with Gasteiger partial charge in [-0.15, -0.1) is 0 Å². The highest BCUT2D eigenvalue weighted by molar-refractivity contribution is 6.04. The molecule has 0 saturated carbocycles. The second-order valence-corrected chi connectivity index (χ2v) is 12.3. The Hall–Kier alpha value is -6.05. The van der Waals surface area contributed by atoms with Crippen molar-refractivity contribution in [3.63, 3.8) is 0 Å². The molecule has 0 fully saturated rings. The predicted octanol–water partition coefficient (Wildman–Crippen LogP) is 11.9. The summed E-state index contributed by atoms with van der Waals surface area (Å²) < 4.78 is 0. The van der Waals surface area contributed by atoms with Crippen molar-refractivity contribution in [2.75, 3.05) is 0 Å². The number of pyridine rings is 1. The van der Waals surface area contributed by atoms with E-state index in [1.165, 1.54) is 71.5 Å². The van der Waals surface area contributed by atoms with Crippen molar-refractivity contribution in [3.05, 3.63) is 198 Å². The fraction of sp³-hybridized carbons (Fsp3) is 0.0217. The minimum absolute atomic E-state index is 0.858. The Morgan fingerprint density at radius 2 is 1.13 bits per heavy atom. The van der Waals surface area contributed by atoms with E-state index in [-0.39, 0.29) is 0 Å². The fourth-order valence-corrected chi connectivity index (χ4v) is 7.14. The first-order chi connectivity index (χ1) is 23.3. The van der Waals surface area contributed by atoms with Crippen LogP contribution < -0.4 is 0 Å². The summed E-state index contributed by atoms with van der Waals surface area (Å²) in [4.78, 5) is 4.78. The van der Waals surface area contributed by atoms with Gasteiger partial charge in [-0.1, -0.05) is 152 Å². The molecule has 8 aromatic rings. The molecule has 220 valence electrons. The van der Waals surface area contributed by atoms with Crippen molar-refractivity contribution in [2.45, 2.75) is 6.42 Å². The molecule has 7 aromatic carbocycles. The van der Waals surface area contributed by atoms with Crippen LogP contribution >= 0.6 is 0 Å². The van der Waals surface area contributed by atoms with Crippen LogP contribution in [0.5, 0.6) is 0 Å². The van der Waals surface area contributed by atoms with Crippen molar-refractivity contribution in [3.8, 4) is 22.4 Å². The minimum atomic E-state index is 0.858. The van der Waals surface area contributed by atoms with Crippen LogP contribution in [0.4, 0.5) is 0 Å². The molecule has 1 aliphatic carbocycles. The van der Waals surface area contributed by atoms with E-state index < -0.39 is 0 Å². The third-order valence-electron chi connectivity index (χ3n) is 9.58. The van der Waals surface area contributed by atoms with Crippen LogP contribution in [0.25, 0.3) is 65.8 Å². The normalized spacial score (nSPS) is 12.9. The van der Waals surface area contributed by atoms with Gasteiger partial charge in [-0.3, -0.25) is 4.98 Å². The van der Waals surface area contributed by atoms with Crippen LogP contribution in [0.2, 0.25) is 0 Å². The Bertz CT molecular complexity index is 2520. The van der Waals surface area contributed by atoms with Gasteiger partial charge in [0.15, 0.2) is 0 Å². The molecule has 9 rings (SSSR count). The number of hydrogen-bond donors (Lipinski definition) is 0. The van der Waals surface area contributed by atoms with Crippen molar-refractivity contribution < 1.29 is 0 Å². The Morgan fingerprint density at radius 3 is 1.96 bits per heavy atom. The molecule has 0 atom stereocenters. The molecular weight excluding hydrogens is 567 g/mol. The van der Waals surface area contributed by atoms with E-state index in [9.17, 15) is 0 Å². The minimum Gasteiger partial charge on any atom is -0.256 e. The van der Waals surface area contributed by atoms with Crippen LogP contribution in [0, 0.1) is 0 Å². The van der Waals surface area contributed by atoms with Crippen LogP contribution in [-0.2, 0) is 6.42 Å². The average Bonchev–Trinajstić information content (AvgIpc) is 3.35. The molecule has 0 amide bonds. The van der Waals surface area contributed by atoms with Crippen LogP contribution in [0.15, 0.2) is 176 Å². The number of hydrogen-bond acceptors (Lipinski definition) is 1. The van der Waals surface area contributed by atoms with Gasteiger partial charge in [0.25, 0.3) is 0 Å². The summed E-state index contributed by atoms with van der Waals surface area (Å²) >= 11 is 0. The standard InChI is InChI=1S/C46H31N/c1-2-9-31(10-3-1)37-23-24-43-41-16-8-15-40(38-22-17-32-11-4-5-12-35(32)27-38)42(41)25-26-44(43)45(28-37)33-18-20-34(21-19-33)46-29-36-13-6-7-14-39(36)30-47-46/h1-23,25-30H,24H2. The van der Waals surface area contributed by atoms with Crippen molar-refractivity contribution in [2.24, 2.45) is 0 Å². The average molecular weight is 598 g/mol. The van der Waals surface area contributed by atoms with E-state index in [4.69, 9.17) is 4.98 Å². The Balaban J connectivity index is 1.18. The summed E-state index contributed by atoms with van der Waals surface area (Å²) in [5.41, 5.74) is 12.2. The second kappa shape index (κ2) is 11.4. The highest BCUT2D eigenvalue weighted by Crippen LogP contribution is 2.40. The predicted molar refractivity (Wildman–Crippen MR) is 199 cm³/mol. The van der Waals surface area contributed by atoms with E-state index >= 15 is 0 Å². The number of nitrogens with zero attached hydrogens (tertiary/aromatic N) is 1. The highest BCUT2D eigenvalue weighted by Gasteiger charge is 2.19. The van der Waals surface area contributed by atoms with E-state index in [1.807, 2.05) is 6.20 Å². The SMILES string of the molecule is C1=C(c2ccccc2)C=C(c2ccc(-c3cc4ccccc4cn3)cc2)c2ccc3c(-c4ccc5ccccc5c4)cccc3c2C1. The Morgan fingerprint density at radius 1 is 0.426 bits per heavy atom. The van der Waals surface area contributed by atoms with Gasteiger partial charge in [0.1, 0.15) is 0 Å². The molecule has 0 bridgehead atoms. The molecule has 0 spiro atoms. The zero-order chi connectivity index (χ0) is 31.2. The smallest absolute Gasteiger partial charge is 0.0708 e. The molecule has 0 radical (unpaired) electrons. The molecular formula is C46H31N. The van der Waals surface area contributed by atoms with Gasteiger partial charge < -0.3 is 0 Å². The maximum Gasteiger partial charge on any atom is 0.0708 e. The van der Waals surface area contributed by atoms with Gasteiger partial charge >= 0.3 is 0 Å². The molecule has 1 heterocycles. The number of aromatic nitrogens is 1. The van der Waals surface area contributed by atoms with E-state index in [0.717, 1.165) is 23.1 Å². The maximum atomic E-state index is 4.78. The molecule has 1 aliphatic rings.